The number of aryl methyl sites for hydroxylation is 1. The molecule has 0 spiro atoms. The fraction of sp³-hybridized carbons (Fsp3) is 0.533. The Bertz CT molecular complexity index is 483. The van der Waals surface area contributed by atoms with Crippen LogP contribution in [0.2, 0.25) is 0 Å². The fourth-order valence-electron chi connectivity index (χ4n) is 3.39. The molecule has 18 heavy (non-hydrogen) atoms. The Hall–Kier alpha value is -1.51. The molecule has 3 heteroatoms. The number of nitrogens with one attached hydrogen (secondary N) is 1. The molecule has 2 bridgehead atoms. The number of nitrogens with two attached hydrogens (primary N) is 1. The van der Waals surface area contributed by atoms with Crippen LogP contribution in [-0.2, 0) is 0 Å². The number of amidine groups is 1. The second-order valence-electron chi connectivity index (χ2n) is 5.73. The lowest BCUT2D eigenvalue weighted by atomic mass is 9.97. The van der Waals surface area contributed by atoms with Crippen molar-refractivity contribution in [1.29, 1.82) is 5.41 Å². The third-order valence-corrected chi connectivity index (χ3v) is 4.45. The van der Waals surface area contributed by atoms with Gasteiger partial charge in [0.15, 0.2) is 0 Å². The molecular weight excluding hydrogens is 224 g/mol. The van der Waals surface area contributed by atoms with Crippen LogP contribution in [0.15, 0.2) is 18.2 Å². The van der Waals surface area contributed by atoms with Gasteiger partial charge in [-0.25, -0.2) is 0 Å². The monoisotopic (exact) mass is 244 g/mol. The number of hydrogen-bond donors (Lipinski definition) is 2. The number of rotatable bonds is 3. The number of nitrogen functional groups attached to an aromatic ring is 1. The van der Waals surface area contributed by atoms with E-state index < -0.39 is 0 Å². The van der Waals surface area contributed by atoms with E-state index in [4.69, 9.17) is 15.9 Å². The van der Waals surface area contributed by atoms with Gasteiger partial charge in [-0.1, -0.05) is 12.1 Å². The molecule has 0 aliphatic heterocycles. The Labute approximate surface area is 108 Å². The fourth-order valence-corrected chi connectivity index (χ4v) is 3.39. The van der Waals surface area contributed by atoms with E-state index in [9.17, 15) is 0 Å². The number of hydrogen-bond acceptors (Lipinski definition) is 2. The van der Waals surface area contributed by atoms with Crippen LogP contribution in [0.4, 0.5) is 0 Å². The first-order valence-corrected chi connectivity index (χ1v) is 6.75. The molecule has 2 aliphatic carbocycles. The van der Waals surface area contributed by atoms with Gasteiger partial charge in [-0.05, 0) is 56.1 Å². The van der Waals surface area contributed by atoms with Gasteiger partial charge in [-0.2, -0.15) is 0 Å². The number of benzene rings is 1. The highest BCUT2D eigenvalue weighted by Crippen LogP contribution is 2.46. The van der Waals surface area contributed by atoms with E-state index in [0.717, 1.165) is 28.7 Å². The average Bonchev–Trinajstić information content (AvgIpc) is 2.93. The summed E-state index contributed by atoms with van der Waals surface area (Å²) in [6, 6.07) is 5.77. The van der Waals surface area contributed by atoms with Crippen molar-refractivity contribution in [3.8, 4) is 5.75 Å². The van der Waals surface area contributed by atoms with Gasteiger partial charge in [-0.15, -0.1) is 0 Å². The topological polar surface area (TPSA) is 59.1 Å². The van der Waals surface area contributed by atoms with E-state index in [0.29, 0.717) is 6.10 Å². The van der Waals surface area contributed by atoms with Gasteiger partial charge in [0.05, 0.1) is 0 Å². The van der Waals surface area contributed by atoms with E-state index in [1.54, 1.807) is 0 Å². The van der Waals surface area contributed by atoms with Crippen LogP contribution in [0.5, 0.6) is 5.75 Å². The third-order valence-electron chi connectivity index (χ3n) is 4.45. The molecule has 0 heterocycles. The van der Waals surface area contributed by atoms with Crippen LogP contribution >= 0.6 is 0 Å². The van der Waals surface area contributed by atoms with Crippen LogP contribution in [-0.4, -0.2) is 11.9 Å². The van der Waals surface area contributed by atoms with Gasteiger partial charge in [0.1, 0.15) is 17.7 Å². The summed E-state index contributed by atoms with van der Waals surface area (Å²) in [5.41, 5.74) is 7.41. The van der Waals surface area contributed by atoms with Crippen molar-refractivity contribution in [2.24, 2.45) is 17.6 Å². The highest BCUT2D eigenvalue weighted by Gasteiger charge is 2.41. The molecule has 0 aromatic heterocycles. The van der Waals surface area contributed by atoms with Gasteiger partial charge in [-0.3, -0.25) is 5.41 Å². The van der Waals surface area contributed by atoms with Gasteiger partial charge < -0.3 is 10.5 Å². The molecule has 0 radical (unpaired) electrons. The molecule has 96 valence electrons. The van der Waals surface area contributed by atoms with Crippen LogP contribution in [0.25, 0.3) is 0 Å². The molecule has 2 aliphatic rings. The van der Waals surface area contributed by atoms with Gasteiger partial charge in [0.25, 0.3) is 0 Å². The molecule has 3 N–H and O–H groups in total. The molecule has 3 unspecified atom stereocenters. The molecule has 3 nitrogen and oxygen atoms in total. The Morgan fingerprint density at radius 1 is 1.33 bits per heavy atom. The first kappa shape index (κ1) is 11.6. The Morgan fingerprint density at radius 3 is 2.78 bits per heavy atom. The van der Waals surface area contributed by atoms with E-state index in [1.807, 2.05) is 25.1 Å². The smallest absolute Gasteiger partial charge is 0.123 e. The third kappa shape index (κ3) is 1.98. The lowest BCUT2D eigenvalue weighted by molar-refractivity contribution is 0.137. The predicted octanol–water partition coefficient (Wildman–Crippen LogP) is 2.85. The molecule has 2 saturated carbocycles. The van der Waals surface area contributed by atoms with E-state index >= 15 is 0 Å². The molecule has 2 fully saturated rings. The van der Waals surface area contributed by atoms with Crippen LogP contribution in [0, 0.1) is 24.2 Å². The summed E-state index contributed by atoms with van der Waals surface area (Å²) < 4.78 is 6.18. The Kier molecular flexibility index (Phi) is 2.77. The zero-order valence-electron chi connectivity index (χ0n) is 10.8. The number of fused-ring (bicyclic) bond motifs is 2. The van der Waals surface area contributed by atoms with Gasteiger partial charge in [0.2, 0.25) is 0 Å². The van der Waals surface area contributed by atoms with Crippen molar-refractivity contribution in [3.63, 3.8) is 0 Å². The van der Waals surface area contributed by atoms with Crippen LogP contribution < -0.4 is 10.5 Å². The summed E-state index contributed by atoms with van der Waals surface area (Å²) in [6.07, 6.45) is 5.63. The second kappa shape index (κ2) is 4.30. The maximum absolute atomic E-state index is 7.49. The van der Waals surface area contributed by atoms with Crippen LogP contribution in [0.1, 0.15) is 36.8 Å². The summed E-state index contributed by atoms with van der Waals surface area (Å²) in [5.74, 6) is 2.64. The summed E-state index contributed by atoms with van der Waals surface area (Å²) in [5, 5.41) is 7.49. The minimum absolute atomic E-state index is 0.104. The van der Waals surface area contributed by atoms with E-state index in [1.165, 1.54) is 25.7 Å². The van der Waals surface area contributed by atoms with Gasteiger partial charge >= 0.3 is 0 Å². The highest BCUT2D eigenvalue weighted by molar-refractivity contribution is 5.95. The molecule has 0 amide bonds. The molecule has 1 aromatic rings. The van der Waals surface area contributed by atoms with Crippen molar-refractivity contribution in [2.45, 2.75) is 38.7 Å². The standard InChI is InChI=1S/C15H20N2O/c1-9-2-4-12(15(16)17)8-13(9)18-14-7-10-3-5-11(14)6-10/h2,4,8,10-11,14H,3,5-7H2,1H3,(H3,16,17). The van der Waals surface area contributed by atoms with E-state index in [-0.39, 0.29) is 5.84 Å². The Morgan fingerprint density at radius 2 is 2.17 bits per heavy atom. The summed E-state index contributed by atoms with van der Waals surface area (Å²) in [6.45, 7) is 2.05. The van der Waals surface area contributed by atoms with Crippen LogP contribution in [0.3, 0.4) is 0 Å². The zero-order valence-corrected chi connectivity index (χ0v) is 10.8. The largest absolute Gasteiger partial charge is 0.490 e. The van der Waals surface area contributed by atoms with E-state index in [2.05, 4.69) is 0 Å². The molecule has 3 atom stereocenters. The van der Waals surface area contributed by atoms with Crippen molar-refractivity contribution >= 4 is 5.84 Å². The summed E-state index contributed by atoms with van der Waals surface area (Å²) in [7, 11) is 0. The first-order chi connectivity index (χ1) is 8.63. The van der Waals surface area contributed by atoms with Crippen molar-refractivity contribution < 1.29 is 4.74 Å². The van der Waals surface area contributed by atoms with Crippen molar-refractivity contribution in [3.05, 3.63) is 29.3 Å². The van der Waals surface area contributed by atoms with Crippen molar-refractivity contribution in [2.75, 3.05) is 0 Å². The highest BCUT2D eigenvalue weighted by atomic mass is 16.5. The SMILES string of the molecule is Cc1ccc(C(=N)N)cc1OC1CC2CCC1C2. The number of ether oxygens (including phenoxy) is 1. The summed E-state index contributed by atoms with van der Waals surface area (Å²) in [4.78, 5) is 0. The van der Waals surface area contributed by atoms with Gasteiger partial charge in [0, 0.05) is 5.56 Å². The summed E-state index contributed by atoms with van der Waals surface area (Å²) >= 11 is 0. The Balaban J connectivity index is 1.79. The lowest BCUT2D eigenvalue weighted by Crippen LogP contribution is -2.24. The molecular formula is C15H20N2O. The molecule has 0 saturated heterocycles. The second-order valence-corrected chi connectivity index (χ2v) is 5.73. The minimum atomic E-state index is 0.104. The predicted molar refractivity (Wildman–Crippen MR) is 72.1 cm³/mol. The maximum atomic E-state index is 7.49. The molecule has 3 rings (SSSR count). The molecule has 1 aromatic carbocycles. The first-order valence-electron chi connectivity index (χ1n) is 6.75. The lowest BCUT2D eigenvalue weighted by Gasteiger charge is -2.24. The zero-order chi connectivity index (χ0) is 12.7. The van der Waals surface area contributed by atoms with Crippen molar-refractivity contribution in [1.82, 2.24) is 0 Å². The average molecular weight is 244 g/mol. The maximum Gasteiger partial charge on any atom is 0.123 e. The minimum Gasteiger partial charge on any atom is -0.490 e. The quantitative estimate of drug-likeness (QED) is 0.634. The normalized spacial score (nSPS) is 29.5.